The van der Waals surface area contributed by atoms with E-state index in [0.717, 1.165) is 22.6 Å². The number of carbonyl (C=O) groups is 1. The highest BCUT2D eigenvalue weighted by molar-refractivity contribution is 5.72. The zero-order valence-corrected chi connectivity index (χ0v) is 18.6. The van der Waals surface area contributed by atoms with E-state index in [4.69, 9.17) is 13.9 Å². The number of nitrogens with zero attached hydrogens (tertiary/aromatic N) is 2. The summed E-state index contributed by atoms with van der Waals surface area (Å²) in [5, 5.41) is 9.62. The Morgan fingerprint density at radius 2 is 1.85 bits per heavy atom. The molecule has 1 unspecified atom stereocenters. The molecule has 0 aliphatic heterocycles. The van der Waals surface area contributed by atoms with Crippen LogP contribution in [0.2, 0.25) is 0 Å². The number of hydrogen-bond donors (Lipinski definition) is 1. The number of ether oxygens (including phenoxy) is 2. The van der Waals surface area contributed by atoms with Crippen LogP contribution in [0.5, 0.6) is 11.5 Å². The first kappa shape index (κ1) is 22.2. The molecule has 0 fully saturated rings. The third kappa shape index (κ3) is 5.26. The summed E-state index contributed by atoms with van der Waals surface area (Å²) in [7, 11) is 1.57. The van der Waals surface area contributed by atoms with Crippen LogP contribution in [0, 0.1) is 6.92 Å². The fourth-order valence-electron chi connectivity index (χ4n) is 3.68. The van der Waals surface area contributed by atoms with Gasteiger partial charge in [-0.1, -0.05) is 24.3 Å². The first-order chi connectivity index (χ1) is 16.0. The van der Waals surface area contributed by atoms with Crippen LogP contribution in [-0.4, -0.2) is 34.3 Å². The predicted octanol–water partition coefficient (Wildman–Crippen LogP) is 4.95. The van der Waals surface area contributed by atoms with E-state index in [9.17, 15) is 9.90 Å². The molecule has 0 saturated carbocycles. The molecular formula is C26H26N2O5. The van der Waals surface area contributed by atoms with Gasteiger partial charge in [0.2, 0.25) is 5.89 Å². The molecule has 2 aromatic heterocycles. The van der Waals surface area contributed by atoms with E-state index in [2.05, 4.69) is 4.98 Å². The number of rotatable bonds is 10. The molecule has 1 atom stereocenters. The van der Waals surface area contributed by atoms with Gasteiger partial charge in [-0.25, -0.2) is 9.78 Å². The molecule has 4 aromatic rings. The van der Waals surface area contributed by atoms with Crippen molar-refractivity contribution in [3.63, 3.8) is 0 Å². The number of carboxylic acid groups (broad SMARTS) is 1. The smallest absolute Gasteiger partial charge is 0.327 e. The van der Waals surface area contributed by atoms with E-state index >= 15 is 0 Å². The lowest BCUT2D eigenvalue weighted by atomic mass is 10.1. The zero-order chi connectivity index (χ0) is 23.2. The van der Waals surface area contributed by atoms with Crippen molar-refractivity contribution in [1.29, 1.82) is 0 Å². The number of aliphatic carboxylic acids is 1. The lowest BCUT2D eigenvalue weighted by Crippen LogP contribution is -2.20. The van der Waals surface area contributed by atoms with Crippen molar-refractivity contribution in [2.45, 2.75) is 25.8 Å². The van der Waals surface area contributed by atoms with Crippen LogP contribution >= 0.6 is 0 Å². The summed E-state index contributed by atoms with van der Waals surface area (Å²) in [6.45, 7) is 2.30. The van der Waals surface area contributed by atoms with E-state index in [1.54, 1.807) is 24.1 Å². The van der Waals surface area contributed by atoms with Gasteiger partial charge in [0.25, 0.3) is 0 Å². The quantitative estimate of drug-likeness (QED) is 0.371. The second kappa shape index (κ2) is 10.1. The van der Waals surface area contributed by atoms with E-state index in [0.29, 0.717) is 36.8 Å². The molecule has 1 N–H and O–H groups in total. The van der Waals surface area contributed by atoms with E-state index < -0.39 is 12.0 Å². The number of methoxy groups -OCH3 is 1. The second-order valence-electron chi connectivity index (χ2n) is 7.66. The summed E-state index contributed by atoms with van der Waals surface area (Å²) in [6, 6.07) is 18.2. The van der Waals surface area contributed by atoms with Gasteiger partial charge in [-0.2, -0.15) is 0 Å². The number of aryl methyl sites for hydroxylation is 1. The van der Waals surface area contributed by atoms with Gasteiger partial charge in [0.15, 0.2) is 11.5 Å². The molecule has 7 heteroatoms. The summed E-state index contributed by atoms with van der Waals surface area (Å²) in [5.74, 6) is 1.64. The minimum Gasteiger partial charge on any atom is -0.493 e. The normalized spacial score (nSPS) is 11.8. The molecule has 2 aromatic carbocycles. The van der Waals surface area contributed by atoms with Gasteiger partial charge in [-0.05, 0) is 48.9 Å². The molecule has 0 radical (unpaired) electrons. The van der Waals surface area contributed by atoms with Crippen LogP contribution in [0.1, 0.15) is 23.1 Å². The molecule has 0 aliphatic rings. The molecule has 33 heavy (non-hydrogen) atoms. The van der Waals surface area contributed by atoms with Crippen LogP contribution in [0.3, 0.4) is 0 Å². The summed E-state index contributed by atoms with van der Waals surface area (Å²) in [5.41, 5.74) is 2.63. The van der Waals surface area contributed by atoms with Crippen molar-refractivity contribution in [1.82, 2.24) is 9.55 Å². The van der Waals surface area contributed by atoms with Gasteiger partial charge in [-0.3, -0.25) is 0 Å². The summed E-state index contributed by atoms with van der Waals surface area (Å²) < 4.78 is 18.9. The maximum absolute atomic E-state index is 11.7. The Morgan fingerprint density at radius 1 is 1.09 bits per heavy atom. The first-order valence-electron chi connectivity index (χ1n) is 10.7. The van der Waals surface area contributed by atoms with Crippen molar-refractivity contribution in [2.75, 3.05) is 13.7 Å². The minimum absolute atomic E-state index is 0.334. The average Bonchev–Trinajstić information content (AvgIpc) is 3.48. The Balaban J connectivity index is 1.41. The number of hydrogen-bond acceptors (Lipinski definition) is 5. The van der Waals surface area contributed by atoms with Crippen molar-refractivity contribution < 1.29 is 23.8 Å². The van der Waals surface area contributed by atoms with E-state index in [1.807, 2.05) is 67.6 Å². The second-order valence-corrected chi connectivity index (χ2v) is 7.66. The third-order valence-electron chi connectivity index (χ3n) is 5.44. The van der Waals surface area contributed by atoms with Crippen molar-refractivity contribution in [3.05, 3.63) is 90.1 Å². The topological polar surface area (TPSA) is 86.7 Å². The van der Waals surface area contributed by atoms with Crippen molar-refractivity contribution in [3.8, 4) is 23.0 Å². The Labute approximate surface area is 192 Å². The molecular weight excluding hydrogens is 420 g/mol. The SMILES string of the molecule is COc1cc(CC(C(=O)O)n2cccc2)ccc1OCCc1nc(-c2ccccc2)oc1C. The van der Waals surface area contributed by atoms with Crippen LogP contribution in [-0.2, 0) is 17.6 Å². The predicted molar refractivity (Wildman–Crippen MR) is 124 cm³/mol. The molecule has 0 amide bonds. The number of oxazole rings is 1. The van der Waals surface area contributed by atoms with Crippen LogP contribution < -0.4 is 9.47 Å². The minimum atomic E-state index is -0.886. The number of benzene rings is 2. The zero-order valence-electron chi connectivity index (χ0n) is 18.6. The van der Waals surface area contributed by atoms with Crippen LogP contribution in [0.4, 0.5) is 0 Å². The van der Waals surface area contributed by atoms with Gasteiger partial charge in [-0.15, -0.1) is 0 Å². The van der Waals surface area contributed by atoms with Gasteiger partial charge < -0.3 is 23.6 Å². The molecule has 0 aliphatic carbocycles. The summed E-state index contributed by atoms with van der Waals surface area (Å²) in [6.07, 6.45) is 4.42. The van der Waals surface area contributed by atoms with Gasteiger partial charge >= 0.3 is 5.97 Å². The largest absolute Gasteiger partial charge is 0.493 e. The molecule has 0 bridgehead atoms. The lowest BCUT2D eigenvalue weighted by Gasteiger charge is -2.16. The Hall–Kier alpha value is -4.00. The molecule has 0 saturated heterocycles. The third-order valence-corrected chi connectivity index (χ3v) is 5.44. The van der Waals surface area contributed by atoms with Crippen LogP contribution in [0.15, 0.2) is 77.5 Å². The molecule has 4 rings (SSSR count). The number of carboxylic acids is 1. The van der Waals surface area contributed by atoms with Gasteiger partial charge in [0, 0.05) is 30.8 Å². The standard InChI is InChI=1S/C26H26N2O5/c1-18-21(27-25(33-18)20-8-4-3-5-9-20)12-15-32-23-11-10-19(17-24(23)31-2)16-22(26(29)30)28-13-6-7-14-28/h3-11,13-14,17,22H,12,15-16H2,1-2H3,(H,29,30). The molecule has 170 valence electrons. The van der Waals surface area contributed by atoms with Crippen LogP contribution in [0.25, 0.3) is 11.5 Å². The van der Waals surface area contributed by atoms with E-state index in [-0.39, 0.29) is 0 Å². The molecule has 7 nitrogen and oxygen atoms in total. The van der Waals surface area contributed by atoms with Crippen molar-refractivity contribution >= 4 is 5.97 Å². The Bertz CT molecular complexity index is 1200. The fraction of sp³-hybridized carbons (Fsp3) is 0.231. The molecule has 2 heterocycles. The Kier molecular flexibility index (Phi) is 6.78. The van der Waals surface area contributed by atoms with Crippen molar-refractivity contribution in [2.24, 2.45) is 0 Å². The highest BCUT2D eigenvalue weighted by atomic mass is 16.5. The fourth-order valence-corrected chi connectivity index (χ4v) is 3.68. The van der Waals surface area contributed by atoms with Gasteiger partial charge in [0.1, 0.15) is 11.8 Å². The summed E-state index contributed by atoms with van der Waals surface area (Å²) in [4.78, 5) is 16.3. The number of aromatic nitrogens is 2. The Morgan fingerprint density at radius 3 is 2.55 bits per heavy atom. The average molecular weight is 447 g/mol. The maximum Gasteiger partial charge on any atom is 0.327 e. The van der Waals surface area contributed by atoms with Gasteiger partial charge in [0.05, 0.1) is 19.4 Å². The molecule has 0 spiro atoms. The first-order valence-corrected chi connectivity index (χ1v) is 10.7. The summed E-state index contributed by atoms with van der Waals surface area (Å²) >= 11 is 0. The monoisotopic (exact) mass is 446 g/mol. The maximum atomic E-state index is 11.7. The lowest BCUT2D eigenvalue weighted by molar-refractivity contribution is -0.140. The van der Waals surface area contributed by atoms with E-state index in [1.165, 1.54) is 0 Å². The highest BCUT2D eigenvalue weighted by Gasteiger charge is 2.20. The highest BCUT2D eigenvalue weighted by Crippen LogP contribution is 2.30.